The van der Waals surface area contributed by atoms with Crippen LogP contribution in [0.3, 0.4) is 0 Å². The van der Waals surface area contributed by atoms with Crippen LogP contribution in [0.25, 0.3) is 5.69 Å². The molecule has 2 aromatic carbocycles. The van der Waals surface area contributed by atoms with Crippen LogP contribution in [0.15, 0.2) is 66.0 Å². The van der Waals surface area contributed by atoms with Crippen molar-refractivity contribution in [2.45, 2.75) is 33.2 Å². The van der Waals surface area contributed by atoms with E-state index in [0.29, 0.717) is 12.4 Å². The number of Topliss-reactive ketones (excluding diaryl/α,β-unsaturated/α-hetero) is 1. The lowest BCUT2D eigenvalue weighted by molar-refractivity contribution is -0.132. The summed E-state index contributed by atoms with van der Waals surface area (Å²) in [4.78, 5) is 31.3. The second kappa shape index (κ2) is 10.1. The zero-order chi connectivity index (χ0) is 26.0. The molecule has 1 aromatic heterocycles. The highest BCUT2D eigenvalue weighted by atomic mass is 16.2. The number of fused-ring (bicyclic) bond motifs is 1. The number of hydrogen-bond acceptors (Lipinski definition) is 6. The zero-order valence-electron chi connectivity index (χ0n) is 21.3. The van der Waals surface area contributed by atoms with Crippen LogP contribution in [0.1, 0.15) is 29.8 Å². The number of nitrogens with zero attached hydrogens (tertiary/aromatic N) is 6. The van der Waals surface area contributed by atoms with Crippen molar-refractivity contribution >= 4 is 23.1 Å². The van der Waals surface area contributed by atoms with Gasteiger partial charge in [-0.25, -0.2) is 4.68 Å². The molecule has 0 spiro atoms. The molecule has 1 amide bonds. The normalized spacial score (nSPS) is 12.4. The fourth-order valence-corrected chi connectivity index (χ4v) is 4.64. The quantitative estimate of drug-likeness (QED) is 0.372. The number of amides is 1. The standard InChI is InChI=1S/C28H30N6O2/c1-19-23(20(2)34(30-19)21-11-7-6-8-12-21)18-31(3)27(36)16-15-26(35)22(17-29)28-32(4)24-13-9-10-14-25(24)33(28)5/h6-14H,15-16,18H2,1-5H3. The van der Waals surface area contributed by atoms with Crippen LogP contribution in [-0.2, 0) is 16.1 Å². The van der Waals surface area contributed by atoms with Gasteiger partial charge in [-0.3, -0.25) is 9.59 Å². The van der Waals surface area contributed by atoms with Crippen molar-refractivity contribution in [3.05, 3.63) is 82.9 Å². The Labute approximate surface area is 211 Å². The highest BCUT2D eigenvalue weighted by Gasteiger charge is 2.31. The van der Waals surface area contributed by atoms with Crippen LogP contribution in [-0.4, -0.2) is 47.5 Å². The van der Waals surface area contributed by atoms with Gasteiger partial charge < -0.3 is 14.7 Å². The highest BCUT2D eigenvalue weighted by Crippen LogP contribution is 2.40. The van der Waals surface area contributed by atoms with Crippen molar-refractivity contribution in [1.82, 2.24) is 14.7 Å². The van der Waals surface area contributed by atoms with E-state index < -0.39 is 0 Å². The first-order valence-corrected chi connectivity index (χ1v) is 11.8. The Morgan fingerprint density at radius 3 is 2.11 bits per heavy atom. The van der Waals surface area contributed by atoms with Crippen molar-refractivity contribution in [3.63, 3.8) is 0 Å². The molecule has 0 bridgehead atoms. The predicted molar refractivity (Wildman–Crippen MR) is 140 cm³/mol. The average molecular weight is 483 g/mol. The summed E-state index contributed by atoms with van der Waals surface area (Å²) in [5, 5.41) is 14.5. The van der Waals surface area contributed by atoms with Crippen LogP contribution >= 0.6 is 0 Å². The van der Waals surface area contributed by atoms with Crippen LogP contribution in [0.5, 0.6) is 0 Å². The maximum atomic E-state index is 13.0. The van der Waals surface area contributed by atoms with Gasteiger partial charge in [0.2, 0.25) is 5.91 Å². The summed E-state index contributed by atoms with van der Waals surface area (Å²) in [6.07, 6.45) is -0.00603. The number of allylic oxidation sites excluding steroid dienone is 1. The number of carbonyl (C=O) groups excluding carboxylic acids is 2. The summed E-state index contributed by atoms with van der Waals surface area (Å²) in [6, 6.07) is 19.7. The first-order chi connectivity index (χ1) is 17.2. The Kier molecular flexibility index (Phi) is 6.93. The minimum atomic E-state index is -0.343. The third-order valence-electron chi connectivity index (χ3n) is 6.68. The Hall–Kier alpha value is -4.38. The molecule has 0 atom stereocenters. The Morgan fingerprint density at radius 1 is 0.944 bits per heavy atom. The minimum absolute atomic E-state index is 0.0269. The van der Waals surface area contributed by atoms with Gasteiger partial charge >= 0.3 is 0 Å². The molecule has 4 rings (SSSR count). The van der Waals surface area contributed by atoms with E-state index in [1.807, 2.05) is 97.0 Å². The van der Waals surface area contributed by atoms with Crippen molar-refractivity contribution in [2.75, 3.05) is 30.9 Å². The van der Waals surface area contributed by atoms with Crippen LogP contribution < -0.4 is 9.80 Å². The smallest absolute Gasteiger partial charge is 0.223 e. The minimum Gasteiger partial charge on any atom is -0.341 e. The van der Waals surface area contributed by atoms with Gasteiger partial charge in [0.05, 0.1) is 22.8 Å². The van der Waals surface area contributed by atoms with Crippen LogP contribution in [0, 0.1) is 25.2 Å². The number of aromatic nitrogens is 2. The molecule has 1 aliphatic heterocycles. The number of hydrogen-bond donors (Lipinski definition) is 0. The lowest BCUT2D eigenvalue weighted by Gasteiger charge is -2.20. The fraction of sp³-hybridized carbons (Fsp3) is 0.286. The SMILES string of the molecule is Cc1nn(-c2ccccc2)c(C)c1CN(C)C(=O)CCC(=O)C(C#N)=C1N(C)c2ccccc2N1C. The van der Waals surface area contributed by atoms with E-state index in [1.165, 1.54) is 0 Å². The molecule has 0 saturated heterocycles. The molecule has 0 radical (unpaired) electrons. The second-order valence-electron chi connectivity index (χ2n) is 8.99. The first-order valence-electron chi connectivity index (χ1n) is 11.8. The molecule has 2 heterocycles. The van der Waals surface area contributed by atoms with Gasteiger partial charge in [0.1, 0.15) is 17.5 Å². The third-order valence-corrected chi connectivity index (χ3v) is 6.68. The molecule has 8 nitrogen and oxygen atoms in total. The second-order valence-corrected chi connectivity index (χ2v) is 8.99. The number of anilines is 2. The van der Waals surface area contributed by atoms with E-state index in [4.69, 9.17) is 0 Å². The number of benzene rings is 2. The van der Waals surface area contributed by atoms with E-state index in [-0.39, 0.29) is 30.1 Å². The van der Waals surface area contributed by atoms with E-state index in [9.17, 15) is 14.9 Å². The first kappa shape index (κ1) is 24.7. The Morgan fingerprint density at radius 2 is 1.53 bits per heavy atom. The van der Waals surface area contributed by atoms with Gasteiger partial charge in [0, 0.05) is 51.8 Å². The molecule has 0 saturated carbocycles. The average Bonchev–Trinajstić information content (AvgIpc) is 3.31. The van der Waals surface area contributed by atoms with Gasteiger partial charge in [-0.15, -0.1) is 0 Å². The molecule has 1 aliphatic rings. The molecular weight excluding hydrogens is 452 g/mol. The molecule has 0 N–H and O–H groups in total. The van der Waals surface area contributed by atoms with Gasteiger partial charge in [-0.05, 0) is 38.1 Å². The molecule has 0 fully saturated rings. The van der Waals surface area contributed by atoms with Crippen LogP contribution in [0.2, 0.25) is 0 Å². The molecule has 3 aromatic rings. The number of carbonyl (C=O) groups is 2. The van der Waals surface area contributed by atoms with Crippen molar-refractivity contribution in [2.24, 2.45) is 0 Å². The molecule has 8 heteroatoms. The maximum absolute atomic E-state index is 13.0. The van der Waals surface area contributed by atoms with E-state index >= 15 is 0 Å². The largest absolute Gasteiger partial charge is 0.341 e. The Bertz CT molecular complexity index is 1350. The third kappa shape index (κ3) is 4.48. The number of nitriles is 1. The van der Waals surface area contributed by atoms with E-state index in [0.717, 1.165) is 34.0 Å². The van der Waals surface area contributed by atoms with Gasteiger partial charge in [0.25, 0.3) is 0 Å². The molecule has 0 unspecified atom stereocenters. The molecular formula is C28H30N6O2. The highest BCUT2D eigenvalue weighted by molar-refractivity contribution is 6.03. The van der Waals surface area contributed by atoms with E-state index in [2.05, 4.69) is 11.2 Å². The van der Waals surface area contributed by atoms with E-state index in [1.54, 1.807) is 11.9 Å². The molecule has 0 aliphatic carbocycles. The lowest BCUT2D eigenvalue weighted by atomic mass is 10.1. The van der Waals surface area contributed by atoms with Crippen molar-refractivity contribution < 1.29 is 9.59 Å². The number of ketones is 1. The van der Waals surface area contributed by atoms with Crippen LogP contribution in [0.4, 0.5) is 11.4 Å². The fourth-order valence-electron chi connectivity index (χ4n) is 4.64. The molecule has 36 heavy (non-hydrogen) atoms. The topological polar surface area (TPSA) is 85.5 Å². The van der Waals surface area contributed by atoms with Crippen molar-refractivity contribution in [3.8, 4) is 11.8 Å². The summed E-state index contributed by atoms with van der Waals surface area (Å²) in [5.41, 5.74) is 5.68. The number of para-hydroxylation sites is 3. The summed E-state index contributed by atoms with van der Waals surface area (Å²) >= 11 is 0. The zero-order valence-corrected chi connectivity index (χ0v) is 21.3. The van der Waals surface area contributed by atoms with Gasteiger partial charge in [-0.1, -0.05) is 30.3 Å². The lowest BCUT2D eigenvalue weighted by Crippen LogP contribution is -2.28. The Balaban J connectivity index is 1.44. The summed E-state index contributed by atoms with van der Waals surface area (Å²) in [5.74, 6) is 0.0300. The number of rotatable bonds is 7. The van der Waals surface area contributed by atoms with Gasteiger partial charge in [-0.2, -0.15) is 10.4 Å². The predicted octanol–water partition coefficient (Wildman–Crippen LogP) is 4.12. The molecule has 184 valence electrons. The summed E-state index contributed by atoms with van der Waals surface area (Å²) in [6.45, 7) is 4.31. The maximum Gasteiger partial charge on any atom is 0.223 e. The summed E-state index contributed by atoms with van der Waals surface area (Å²) in [7, 11) is 5.40. The van der Waals surface area contributed by atoms with Crippen molar-refractivity contribution in [1.29, 1.82) is 5.26 Å². The summed E-state index contributed by atoms with van der Waals surface area (Å²) < 4.78 is 1.88. The van der Waals surface area contributed by atoms with Gasteiger partial charge in [0.15, 0.2) is 5.78 Å². The monoisotopic (exact) mass is 482 g/mol. The number of aryl methyl sites for hydroxylation is 1.